The normalized spacial score (nSPS) is 14.8. The maximum Gasteiger partial charge on any atom is 0.259 e. The van der Waals surface area contributed by atoms with Gasteiger partial charge in [0.1, 0.15) is 0 Å². The van der Waals surface area contributed by atoms with Gasteiger partial charge in [-0.2, -0.15) is 15.3 Å². The number of carbonyl (C=O) groups excluding carboxylic acids is 1. The molecule has 8 nitrogen and oxygen atoms in total. The van der Waals surface area contributed by atoms with Crippen molar-refractivity contribution in [1.29, 1.82) is 0 Å². The lowest BCUT2D eigenvalue weighted by Crippen LogP contribution is -2.13. The first-order valence-electron chi connectivity index (χ1n) is 8.69. The maximum absolute atomic E-state index is 12.8. The number of hydrogen-bond acceptors (Lipinski definition) is 5. The van der Waals surface area contributed by atoms with Gasteiger partial charge in [-0.05, 0) is 43.5 Å². The fourth-order valence-corrected chi connectivity index (χ4v) is 2.68. The molecule has 1 saturated carbocycles. The molecule has 0 radical (unpaired) electrons. The number of anilines is 1. The lowest BCUT2D eigenvalue weighted by atomic mass is 10.1. The number of aryl methyl sites for hydroxylation is 1. The third kappa shape index (κ3) is 3.55. The molecule has 1 aliphatic rings. The largest absolute Gasteiger partial charge is 0.322 e. The summed E-state index contributed by atoms with van der Waals surface area (Å²) in [6, 6.07) is 11.4. The van der Waals surface area contributed by atoms with Crippen molar-refractivity contribution >= 4 is 22.9 Å². The summed E-state index contributed by atoms with van der Waals surface area (Å²) in [6.45, 7) is 1.92. The van der Waals surface area contributed by atoms with Crippen LogP contribution in [0.5, 0.6) is 0 Å². The number of aromatic nitrogens is 2. The van der Waals surface area contributed by atoms with Gasteiger partial charge in [-0.15, -0.1) is 5.11 Å². The lowest BCUT2D eigenvalue weighted by Gasteiger charge is -2.10. The minimum atomic E-state index is -0.234. The fraction of sp³-hybridized carbons (Fsp3) is 0.211. The Morgan fingerprint density at radius 3 is 2.93 bits per heavy atom. The molecule has 0 spiro atoms. The number of carbonyl (C=O) groups is 1. The van der Waals surface area contributed by atoms with Crippen molar-refractivity contribution in [3.63, 3.8) is 0 Å². The van der Waals surface area contributed by atoms with Gasteiger partial charge in [0.05, 0.1) is 23.3 Å². The zero-order valence-electron chi connectivity index (χ0n) is 14.8. The van der Waals surface area contributed by atoms with Gasteiger partial charge in [-0.25, -0.2) is 4.52 Å². The van der Waals surface area contributed by atoms with Crippen molar-refractivity contribution in [3.8, 4) is 0 Å². The third-order valence-electron chi connectivity index (χ3n) is 4.40. The molecule has 2 aromatic heterocycles. The van der Waals surface area contributed by atoms with Crippen LogP contribution in [-0.4, -0.2) is 27.4 Å². The Kier molecular flexibility index (Phi) is 4.37. The first-order chi connectivity index (χ1) is 13.2. The fourth-order valence-electron chi connectivity index (χ4n) is 2.68. The van der Waals surface area contributed by atoms with E-state index in [0.29, 0.717) is 22.6 Å². The topological polar surface area (TPSA) is 109 Å². The number of rotatable bonds is 4. The molecule has 8 heteroatoms. The summed E-state index contributed by atoms with van der Waals surface area (Å²) in [4.78, 5) is 12.8. The molecule has 1 aliphatic carbocycles. The van der Waals surface area contributed by atoms with Gasteiger partial charge < -0.3 is 11.2 Å². The van der Waals surface area contributed by atoms with Gasteiger partial charge in [0.15, 0.2) is 5.84 Å². The molecule has 4 rings (SSSR count). The molecular weight excluding hydrogens is 342 g/mol. The summed E-state index contributed by atoms with van der Waals surface area (Å²) < 4.78 is 1.66. The number of azo groups is 1. The average molecular weight is 361 g/mol. The molecule has 0 aliphatic heterocycles. The molecule has 3 aromatic rings. The number of benzene rings is 1. The van der Waals surface area contributed by atoms with E-state index >= 15 is 0 Å². The summed E-state index contributed by atoms with van der Waals surface area (Å²) in [5, 5.41) is 19.2. The number of nitrogens with two attached hydrogens (primary N) is 1. The number of amidine groups is 1. The summed E-state index contributed by atoms with van der Waals surface area (Å²) in [6.07, 6.45) is 5.46. The number of amides is 1. The van der Waals surface area contributed by atoms with Gasteiger partial charge >= 0.3 is 0 Å². The van der Waals surface area contributed by atoms with Gasteiger partial charge in [0, 0.05) is 17.4 Å². The SMILES string of the molecule is Cc1ccc(/C(N=NC2CC2)=N/N)cc1NC(=O)c1cnn2ccccc12. The number of nitrogens with zero attached hydrogens (tertiary/aromatic N) is 5. The summed E-state index contributed by atoms with van der Waals surface area (Å²) >= 11 is 0. The van der Waals surface area contributed by atoms with E-state index in [0.717, 1.165) is 23.9 Å². The van der Waals surface area contributed by atoms with Crippen LogP contribution >= 0.6 is 0 Å². The van der Waals surface area contributed by atoms with Crippen LogP contribution in [0.2, 0.25) is 0 Å². The zero-order chi connectivity index (χ0) is 18.8. The van der Waals surface area contributed by atoms with Crippen molar-refractivity contribution < 1.29 is 4.79 Å². The second-order valence-electron chi connectivity index (χ2n) is 6.47. The number of fused-ring (bicyclic) bond motifs is 1. The van der Waals surface area contributed by atoms with E-state index in [1.54, 1.807) is 23.0 Å². The van der Waals surface area contributed by atoms with E-state index in [9.17, 15) is 4.79 Å². The standard InChI is InChI=1S/C19H19N7O/c1-12-5-6-13(18(23-20)25-24-14-7-8-14)10-16(12)22-19(27)15-11-21-26-9-3-2-4-17(15)26/h2-6,9-11,14H,7-8,20H2,1H3,(H,22,27)/b23-18-,25-24?. The van der Waals surface area contributed by atoms with Gasteiger partial charge in [-0.3, -0.25) is 4.79 Å². The van der Waals surface area contributed by atoms with Crippen LogP contribution in [0.4, 0.5) is 5.69 Å². The highest BCUT2D eigenvalue weighted by Gasteiger charge is 2.21. The molecule has 1 amide bonds. The van der Waals surface area contributed by atoms with E-state index in [1.807, 2.05) is 37.3 Å². The molecule has 1 aromatic carbocycles. The highest BCUT2D eigenvalue weighted by molar-refractivity contribution is 6.09. The Bertz CT molecular complexity index is 1060. The van der Waals surface area contributed by atoms with E-state index in [2.05, 4.69) is 25.7 Å². The smallest absolute Gasteiger partial charge is 0.259 e. The summed E-state index contributed by atoms with van der Waals surface area (Å²) in [5.74, 6) is 5.58. The molecule has 0 bridgehead atoms. The van der Waals surface area contributed by atoms with Crippen molar-refractivity contribution in [3.05, 3.63) is 65.5 Å². The number of hydrazone groups is 1. The van der Waals surface area contributed by atoms with Gasteiger partial charge in [0.2, 0.25) is 0 Å². The first-order valence-corrected chi connectivity index (χ1v) is 8.69. The van der Waals surface area contributed by atoms with Crippen molar-refractivity contribution in [2.24, 2.45) is 21.2 Å². The molecule has 0 saturated heterocycles. The van der Waals surface area contributed by atoms with E-state index < -0.39 is 0 Å². The molecular formula is C19H19N7O. The van der Waals surface area contributed by atoms with Crippen molar-refractivity contribution in [2.75, 3.05) is 5.32 Å². The highest BCUT2D eigenvalue weighted by atomic mass is 16.1. The predicted octanol–water partition coefficient (Wildman–Crippen LogP) is 3.13. The Balaban J connectivity index is 1.60. The number of nitrogens with one attached hydrogen (secondary N) is 1. The van der Waals surface area contributed by atoms with Crippen LogP contribution in [0.3, 0.4) is 0 Å². The average Bonchev–Trinajstić information content (AvgIpc) is 3.41. The second-order valence-corrected chi connectivity index (χ2v) is 6.47. The van der Waals surface area contributed by atoms with Crippen LogP contribution in [0.15, 0.2) is 64.1 Å². The van der Waals surface area contributed by atoms with Gasteiger partial charge in [0.25, 0.3) is 5.91 Å². The molecule has 27 heavy (non-hydrogen) atoms. The maximum atomic E-state index is 12.8. The highest BCUT2D eigenvalue weighted by Crippen LogP contribution is 2.25. The molecule has 0 unspecified atom stereocenters. The Morgan fingerprint density at radius 1 is 1.30 bits per heavy atom. The molecule has 1 fully saturated rings. The molecule has 2 heterocycles. The van der Waals surface area contributed by atoms with E-state index in [-0.39, 0.29) is 11.9 Å². The van der Waals surface area contributed by atoms with Crippen molar-refractivity contribution in [2.45, 2.75) is 25.8 Å². The van der Waals surface area contributed by atoms with E-state index in [4.69, 9.17) is 5.84 Å². The number of pyridine rings is 1. The van der Waals surface area contributed by atoms with Crippen molar-refractivity contribution in [1.82, 2.24) is 9.61 Å². The first kappa shape index (κ1) is 16.9. The quantitative estimate of drug-likeness (QED) is 0.245. The monoisotopic (exact) mass is 361 g/mol. The lowest BCUT2D eigenvalue weighted by molar-refractivity contribution is 0.102. The van der Waals surface area contributed by atoms with Gasteiger partial charge in [-0.1, -0.05) is 18.2 Å². The minimum absolute atomic E-state index is 0.234. The molecule has 3 N–H and O–H groups in total. The number of hydrogen-bond donors (Lipinski definition) is 2. The Morgan fingerprint density at radius 2 is 2.15 bits per heavy atom. The van der Waals surface area contributed by atoms with Crippen LogP contribution < -0.4 is 11.2 Å². The van der Waals surface area contributed by atoms with Crippen LogP contribution in [0.1, 0.15) is 34.3 Å². The molecule has 0 atom stereocenters. The Hall–Kier alpha value is -3.55. The van der Waals surface area contributed by atoms with E-state index in [1.165, 1.54) is 0 Å². The molecule has 136 valence electrons. The summed E-state index contributed by atoms with van der Waals surface area (Å²) in [7, 11) is 0. The van der Waals surface area contributed by atoms with Crippen LogP contribution in [0, 0.1) is 6.92 Å². The predicted molar refractivity (Wildman–Crippen MR) is 103 cm³/mol. The van der Waals surface area contributed by atoms with Crippen LogP contribution in [-0.2, 0) is 0 Å². The van der Waals surface area contributed by atoms with Crippen LogP contribution in [0.25, 0.3) is 5.52 Å². The second kappa shape index (κ2) is 6.99. The summed E-state index contributed by atoms with van der Waals surface area (Å²) in [5.41, 5.74) is 3.52. The minimum Gasteiger partial charge on any atom is -0.322 e. The zero-order valence-corrected chi connectivity index (χ0v) is 14.8. The third-order valence-corrected chi connectivity index (χ3v) is 4.40. The Labute approximate surface area is 155 Å².